The molecule has 0 bridgehead atoms. The van der Waals surface area contributed by atoms with Crippen molar-refractivity contribution in [3.63, 3.8) is 0 Å². The van der Waals surface area contributed by atoms with Crippen LogP contribution in [-0.4, -0.2) is 31.2 Å². The Labute approximate surface area is 84.2 Å². The molecule has 0 unspecified atom stereocenters. The summed E-state index contributed by atoms with van der Waals surface area (Å²) in [5.41, 5.74) is 0. The first-order valence-electron chi connectivity index (χ1n) is 4.53. The number of hydrogen-bond donors (Lipinski definition) is 2. The highest BCUT2D eigenvalue weighted by atomic mass is 16.2. The number of hydrogen-bond acceptors (Lipinski definition) is 3. The zero-order chi connectivity index (χ0) is 11.6. The number of nitrogens with one attached hydrogen (secondary N) is 2. The molecule has 0 spiro atoms. The lowest BCUT2D eigenvalue weighted by atomic mass is 10.3. The van der Waals surface area contributed by atoms with Gasteiger partial charge in [-0.2, -0.15) is 0 Å². The molecule has 0 rings (SSSR count). The number of rotatable bonds is 4. The van der Waals surface area contributed by atoms with Gasteiger partial charge >= 0.3 is 0 Å². The maximum Gasteiger partial charge on any atom is 0.229 e. The minimum atomic E-state index is -0.440. The number of amides is 2. The van der Waals surface area contributed by atoms with E-state index in [1.807, 2.05) is 13.8 Å². The van der Waals surface area contributed by atoms with Crippen LogP contribution < -0.4 is 10.6 Å². The molecule has 0 saturated heterocycles. The standard InChI is InChI=1S/C7H12N2O3.C2H6/c1-5(10)4-9-7(12)3-6(11)8-2;1-2/h3-4H2,1-2H3,(H,8,11)(H,9,12);1-2H3. The Kier molecular flexibility index (Phi) is 10.5. The highest BCUT2D eigenvalue weighted by Crippen LogP contribution is 1.78. The van der Waals surface area contributed by atoms with E-state index in [2.05, 4.69) is 10.6 Å². The molecule has 0 atom stereocenters. The molecule has 0 fully saturated rings. The fraction of sp³-hybridized carbons (Fsp3) is 0.667. The molecule has 0 aromatic heterocycles. The fourth-order valence-corrected chi connectivity index (χ4v) is 0.520. The van der Waals surface area contributed by atoms with E-state index in [-0.39, 0.29) is 24.7 Å². The number of carbonyl (C=O) groups excluding carboxylic acids is 3. The molecule has 5 heteroatoms. The van der Waals surface area contributed by atoms with Crippen molar-refractivity contribution in [2.75, 3.05) is 13.6 Å². The normalized spacial score (nSPS) is 8.00. The van der Waals surface area contributed by atoms with Gasteiger partial charge in [0, 0.05) is 7.05 Å². The van der Waals surface area contributed by atoms with Crippen molar-refractivity contribution >= 4 is 17.6 Å². The Morgan fingerprint density at radius 1 is 1.07 bits per heavy atom. The van der Waals surface area contributed by atoms with E-state index in [1.165, 1.54) is 14.0 Å². The van der Waals surface area contributed by atoms with Crippen molar-refractivity contribution in [3.8, 4) is 0 Å². The van der Waals surface area contributed by atoms with Gasteiger partial charge < -0.3 is 10.6 Å². The molecule has 0 aliphatic rings. The van der Waals surface area contributed by atoms with Crippen LogP contribution in [0.4, 0.5) is 0 Å². The van der Waals surface area contributed by atoms with Gasteiger partial charge in [-0.1, -0.05) is 13.8 Å². The molecular weight excluding hydrogens is 184 g/mol. The monoisotopic (exact) mass is 202 g/mol. The first-order valence-corrected chi connectivity index (χ1v) is 4.53. The molecule has 2 N–H and O–H groups in total. The largest absolute Gasteiger partial charge is 0.359 e. The summed E-state index contributed by atoms with van der Waals surface area (Å²) in [6.07, 6.45) is -0.232. The molecule has 0 heterocycles. The Hall–Kier alpha value is -1.39. The predicted octanol–water partition coefficient (Wildman–Crippen LogP) is -0.146. The minimum Gasteiger partial charge on any atom is -0.359 e. The van der Waals surface area contributed by atoms with E-state index in [9.17, 15) is 14.4 Å². The average Bonchev–Trinajstić information content (AvgIpc) is 2.17. The van der Waals surface area contributed by atoms with E-state index in [0.29, 0.717) is 0 Å². The van der Waals surface area contributed by atoms with Gasteiger partial charge in [0.05, 0.1) is 6.54 Å². The van der Waals surface area contributed by atoms with Crippen LogP contribution in [0.2, 0.25) is 0 Å². The van der Waals surface area contributed by atoms with Gasteiger partial charge in [0.1, 0.15) is 12.2 Å². The number of ketones is 1. The van der Waals surface area contributed by atoms with Gasteiger partial charge in [-0.3, -0.25) is 14.4 Å². The molecule has 14 heavy (non-hydrogen) atoms. The van der Waals surface area contributed by atoms with E-state index in [1.54, 1.807) is 0 Å². The van der Waals surface area contributed by atoms with Crippen LogP contribution >= 0.6 is 0 Å². The Morgan fingerprint density at radius 2 is 1.57 bits per heavy atom. The quantitative estimate of drug-likeness (QED) is 0.623. The first kappa shape index (κ1) is 15.1. The zero-order valence-electron chi connectivity index (χ0n) is 9.14. The van der Waals surface area contributed by atoms with Crippen LogP contribution in [0.25, 0.3) is 0 Å². The molecule has 82 valence electrons. The lowest BCUT2D eigenvalue weighted by Gasteiger charge is -2.00. The molecular formula is C9H18N2O3. The summed E-state index contributed by atoms with van der Waals surface area (Å²) in [4.78, 5) is 31.8. The summed E-state index contributed by atoms with van der Waals surface area (Å²) in [6, 6.07) is 0. The van der Waals surface area contributed by atoms with Crippen molar-refractivity contribution in [1.82, 2.24) is 10.6 Å². The second-order valence-corrected chi connectivity index (χ2v) is 2.33. The summed E-state index contributed by atoms with van der Waals surface area (Å²) < 4.78 is 0. The van der Waals surface area contributed by atoms with E-state index < -0.39 is 5.91 Å². The smallest absolute Gasteiger partial charge is 0.229 e. The second-order valence-electron chi connectivity index (χ2n) is 2.33. The van der Waals surface area contributed by atoms with Crippen LogP contribution in [0, 0.1) is 0 Å². The Morgan fingerprint density at radius 3 is 1.93 bits per heavy atom. The maximum absolute atomic E-state index is 10.8. The topological polar surface area (TPSA) is 75.3 Å². The lowest BCUT2D eigenvalue weighted by molar-refractivity contribution is -0.130. The van der Waals surface area contributed by atoms with Crippen molar-refractivity contribution in [3.05, 3.63) is 0 Å². The van der Waals surface area contributed by atoms with E-state index in [0.717, 1.165) is 0 Å². The second kappa shape index (κ2) is 9.70. The molecule has 0 aromatic carbocycles. The summed E-state index contributed by atoms with van der Waals surface area (Å²) in [6.45, 7) is 5.34. The molecule has 5 nitrogen and oxygen atoms in total. The molecule has 0 radical (unpaired) electrons. The third-order valence-electron chi connectivity index (χ3n) is 1.13. The molecule has 0 aliphatic carbocycles. The highest BCUT2D eigenvalue weighted by Gasteiger charge is 2.06. The maximum atomic E-state index is 10.8. The highest BCUT2D eigenvalue weighted by molar-refractivity contribution is 5.97. The van der Waals surface area contributed by atoms with Crippen molar-refractivity contribution in [2.24, 2.45) is 0 Å². The van der Waals surface area contributed by atoms with Gasteiger partial charge in [0.25, 0.3) is 0 Å². The zero-order valence-corrected chi connectivity index (χ0v) is 9.14. The van der Waals surface area contributed by atoms with Gasteiger partial charge in [-0.25, -0.2) is 0 Å². The van der Waals surface area contributed by atoms with Crippen LogP contribution in [0.1, 0.15) is 27.2 Å². The lowest BCUT2D eigenvalue weighted by Crippen LogP contribution is -2.32. The van der Waals surface area contributed by atoms with Gasteiger partial charge in [-0.05, 0) is 6.92 Å². The van der Waals surface area contributed by atoms with Crippen LogP contribution in [0.3, 0.4) is 0 Å². The number of Topliss-reactive ketones (excluding diaryl/α,β-unsaturated/α-hetero) is 1. The fourth-order valence-electron chi connectivity index (χ4n) is 0.520. The van der Waals surface area contributed by atoms with Crippen LogP contribution in [0.15, 0.2) is 0 Å². The first-order chi connectivity index (χ1) is 6.56. The Balaban J connectivity index is 0. The number of carbonyl (C=O) groups is 3. The van der Waals surface area contributed by atoms with Crippen molar-refractivity contribution in [2.45, 2.75) is 27.2 Å². The molecule has 2 amide bonds. The summed E-state index contributed by atoms with van der Waals surface area (Å²) in [7, 11) is 1.45. The van der Waals surface area contributed by atoms with Crippen LogP contribution in [-0.2, 0) is 14.4 Å². The summed E-state index contributed by atoms with van der Waals surface area (Å²) in [5, 5.41) is 4.60. The SMILES string of the molecule is CC.CNC(=O)CC(=O)NCC(C)=O. The molecule has 0 aliphatic heterocycles. The average molecular weight is 202 g/mol. The summed E-state index contributed by atoms with van der Waals surface area (Å²) >= 11 is 0. The van der Waals surface area contributed by atoms with Crippen LogP contribution in [0.5, 0.6) is 0 Å². The third kappa shape index (κ3) is 10.6. The summed E-state index contributed by atoms with van der Waals surface area (Å²) in [5.74, 6) is -0.944. The predicted molar refractivity (Wildman–Crippen MR) is 53.7 cm³/mol. The molecule has 0 saturated carbocycles. The molecule has 0 aromatic rings. The van der Waals surface area contributed by atoms with E-state index >= 15 is 0 Å². The van der Waals surface area contributed by atoms with E-state index in [4.69, 9.17) is 0 Å². The van der Waals surface area contributed by atoms with Gasteiger partial charge in [0.2, 0.25) is 11.8 Å². The van der Waals surface area contributed by atoms with Gasteiger partial charge in [-0.15, -0.1) is 0 Å². The van der Waals surface area contributed by atoms with Gasteiger partial charge in [0.15, 0.2) is 0 Å². The van der Waals surface area contributed by atoms with Crippen molar-refractivity contribution < 1.29 is 14.4 Å². The minimum absolute atomic E-state index is 0.0180. The third-order valence-corrected chi connectivity index (χ3v) is 1.13. The van der Waals surface area contributed by atoms with Crippen molar-refractivity contribution in [1.29, 1.82) is 0 Å². The Bertz CT molecular complexity index is 202.